The lowest BCUT2D eigenvalue weighted by molar-refractivity contribution is 0.147. The Bertz CT molecular complexity index is 424. The first-order valence-electron chi connectivity index (χ1n) is 5.54. The molecule has 2 aliphatic heterocycles. The molecule has 4 nitrogen and oxygen atoms in total. The lowest BCUT2D eigenvalue weighted by Crippen LogP contribution is -2.31. The Morgan fingerprint density at radius 3 is 3.12 bits per heavy atom. The molecule has 1 aromatic rings. The third kappa shape index (κ3) is 1.36. The summed E-state index contributed by atoms with van der Waals surface area (Å²) < 4.78 is 17.1. The minimum absolute atomic E-state index is 0.0679. The summed E-state index contributed by atoms with van der Waals surface area (Å²) in [5.41, 5.74) is 9.09. The van der Waals surface area contributed by atoms with Crippen molar-refractivity contribution in [2.45, 2.75) is 13.0 Å². The van der Waals surface area contributed by atoms with Crippen molar-refractivity contribution >= 4 is 12.6 Å². The lowest BCUT2D eigenvalue weighted by atomic mass is 9.76. The first-order chi connectivity index (χ1) is 7.81. The van der Waals surface area contributed by atoms with Crippen LogP contribution in [0.25, 0.3) is 0 Å². The van der Waals surface area contributed by atoms with E-state index < -0.39 is 0 Å². The Kier molecular flexibility index (Phi) is 2.39. The van der Waals surface area contributed by atoms with E-state index in [1.165, 1.54) is 5.56 Å². The topological polar surface area (TPSA) is 53.7 Å². The van der Waals surface area contributed by atoms with Gasteiger partial charge in [0.2, 0.25) is 0 Å². The SMILES string of the molecule is Cc1ccc2c3c1C(CN)OB3OCCO2. The van der Waals surface area contributed by atoms with E-state index in [4.69, 9.17) is 19.8 Å². The summed E-state index contributed by atoms with van der Waals surface area (Å²) in [4.78, 5) is 0. The number of ether oxygens (including phenoxy) is 1. The minimum atomic E-state index is -0.305. The van der Waals surface area contributed by atoms with E-state index in [1.54, 1.807) is 0 Å². The van der Waals surface area contributed by atoms with E-state index in [1.807, 2.05) is 12.1 Å². The highest BCUT2D eigenvalue weighted by molar-refractivity contribution is 6.64. The molecule has 1 aromatic carbocycles. The summed E-state index contributed by atoms with van der Waals surface area (Å²) in [5, 5.41) is 0. The van der Waals surface area contributed by atoms with Crippen molar-refractivity contribution in [2.75, 3.05) is 19.8 Å². The lowest BCUT2D eigenvalue weighted by Gasteiger charge is -2.14. The van der Waals surface area contributed by atoms with Gasteiger partial charge in [0.25, 0.3) is 0 Å². The van der Waals surface area contributed by atoms with Crippen LogP contribution in [0.4, 0.5) is 0 Å². The molecule has 0 amide bonds. The molecule has 0 fully saturated rings. The predicted molar refractivity (Wildman–Crippen MR) is 60.9 cm³/mol. The molecule has 0 saturated carbocycles. The molecule has 3 rings (SSSR count). The van der Waals surface area contributed by atoms with E-state index in [2.05, 4.69) is 6.92 Å². The molecule has 1 atom stereocenters. The normalized spacial score (nSPS) is 22.6. The highest BCUT2D eigenvalue weighted by Crippen LogP contribution is 2.31. The Morgan fingerprint density at radius 2 is 2.31 bits per heavy atom. The van der Waals surface area contributed by atoms with E-state index in [0.717, 1.165) is 16.8 Å². The summed E-state index contributed by atoms with van der Waals surface area (Å²) in [6.45, 7) is 3.66. The van der Waals surface area contributed by atoms with Crippen LogP contribution in [-0.4, -0.2) is 26.9 Å². The minimum Gasteiger partial charge on any atom is -0.492 e. The monoisotopic (exact) mass is 219 g/mol. The summed E-state index contributed by atoms with van der Waals surface area (Å²) in [6, 6.07) is 4.03. The van der Waals surface area contributed by atoms with Crippen molar-refractivity contribution in [3.05, 3.63) is 23.3 Å². The average Bonchev–Trinajstić information content (AvgIpc) is 2.55. The zero-order valence-electron chi connectivity index (χ0n) is 9.23. The number of hydrogen-bond acceptors (Lipinski definition) is 4. The third-order valence-corrected chi connectivity index (χ3v) is 3.13. The summed E-state index contributed by atoms with van der Waals surface area (Å²) in [5.74, 6) is 0.874. The Morgan fingerprint density at radius 1 is 1.44 bits per heavy atom. The maximum Gasteiger partial charge on any atom is 0.498 e. The number of rotatable bonds is 1. The van der Waals surface area contributed by atoms with Gasteiger partial charge >= 0.3 is 7.12 Å². The Hall–Kier alpha value is -1.04. The fourth-order valence-electron chi connectivity index (χ4n) is 2.41. The van der Waals surface area contributed by atoms with Crippen LogP contribution < -0.4 is 15.9 Å². The second-order valence-corrected chi connectivity index (χ2v) is 4.12. The maximum atomic E-state index is 5.80. The van der Waals surface area contributed by atoms with Crippen LogP contribution in [0.5, 0.6) is 5.75 Å². The fourth-order valence-corrected chi connectivity index (χ4v) is 2.41. The largest absolute Gasteiger partial charge is 0.498 e. The molecule has 2 N–H and O–H groups in total. The van der Waals surface area contributed by atoms with Crippen LogP contribution in [0.15, 0.2) is 12.1 Å². The van der Waals surface area contributed by atoms with Crippen LogP contribution in [-0.2, 0) is 9.31 Å². The van der Waals surface area contributed by atoms with Gasteiger partial charge in [-0.15, -0.1) is 0 Å². The number of nitrogens with two attached hydrogens (primary N) is 1. The summed E-state index contributed by atoms with van der Waals surface area (Å²) in [7, 11) is -0.305. The van der Waals surface area contributed by atoms with Crippen LogP contribution in [0.3, 0.4) is 0 Å². The molecular formula is C11H14BNO3. The van der Waals surface area contributed by atoms with Gasteiger partial charge in [-0.05, 0) is 24.1 Å². The van der Waals surface area contributed by atoms with Gasteiger partial charge in [-0.1, -0.05) is 6.07 Å². The third-order valence-electron chi connectivity index (χ3n) is 3.13. The molecule has 0 bridgehead atoms. The molecule has 2 heterocycles. The van der Waals surface area contributed by atoms with Crippen LogP contribution >= 0.6 is 0 Å². The number of benzene rings is 1. The molecule has 2 aliphatic rings. The van der Waals surface area contributed by atoms with Crippen LogP contribution in [0.1, 0.15) is 17.2 Å². The van der Waals surface area contributed by atoms with Gasteiger partial charge in [-0.2, -0.15) is 0 Å². The second kappa shape index (κ2) is 3.77. The van der Waals surface area contributed by atoms with Gasteiger partial charge in [0.05, 0.1) is 12.7 Å². The predicted octanol–water partition coefficient (Wildman–Crippen LogP) is 0.129. The molecule has 0 radical (unpaired) electrons. The first-order valence-corrected chi connectivity index (χ1v) is 5.54. The van der Waals surface area contributed by atoms with Gasteiger partial charge in [0, 0.05) is 12.0 Å². The van der Waals surface area contributed by atoms with Crippen molar-refractivity contribution in [3.63, 3.8) is 0 Å². The smallest absolute Gasteiger partial charge is 0.492 e. The van der Waals surface area contributed by atoms with E-state index in [-0.39, 0.29) is 13.2 Å². The zero-order valence-corrected chi connectivity index (χ0v) is 9.23. The highest BCUT2D eigenvalue weighted by Gasteiger charge is 2.41. The number of hydrogen-bond donors (Lipinski definition) is 1. The molecule has 1 unspecified atom stereocenters. The quantitative estimate of drug-likeness (QED) is 0.682. The van der Waals surface area contributed by atoms with E-state index in [9.17, 15) is 0 Å². The zero-order chi connectivity index (χ0) is 11.1. The van der Waals surface area contributed by atoms with Crippen molar-refractivity contribution < 1.29 is 14.0 Å². The van der Waals surface area contributed by atoms with E-state index in [0.29, 0.717) is 19.8 Å². The fraction of sp³-hybridized carbons (Fsp3) is 0.455. The molecule has 0 spiro atoms. The molecule has 16 heavy (non-hydrogen) atoms. The average molecular weight is 219 g/mol. The molecule has 0 aromatic heterocycles. The van der Waals surface area contributed by atoms with Crippen molar-refractivity contribution in [1.29, 1.82) is 0 Å². The van der Waals surface area contributed by atoms with Gasteiger partial charge in [-0.25, -0.2) is 0 Å². The molecule has 0 saturated heterocycles. The summed E-state index contributed by atoms with van der Waals surface area (Å²) in [6.07, 6.45) is -0.0679. The van der Waals surface area contributed by atoms with Gasteiger partial charge < -0.3 is 19.8 Å². The van der Waals surface area contributed by atoms with Crippen molar-refractivity contribution in [2.24, 2.45) is 5.73 Å². The molecule has 84 valence electrons. The molecule has 0 aliphatic carbocycles. The molecule has 5 heteroatoms. The second-order valence-electron chi connectivity index (χ2n) is 4.12. The number of aryl methyl sites for hydroxylation is 1. The van der Waals surface area contributed by atoms with Gasteiger partial charge in [-0.3, -0.25) is 0 Å². The van der Waals surface area contributed by atoms with Gasteiger partial charge in [0.15, 0.2) is 0 Å². The Balaban J connectivity index is 2.17. The molecular weight excluding hydrogens is 205 g/mol. The summed E-state index contributed by atoms with van der Waals surface area (Å²) >= 11 is 0. The Labute approximate surface area is 94.8 Å². The standard InChI is InChI=1S/C11H14BNO3/c1-7-2-3-8-11-10(7)9(6-13)16-12(11)15-5-4-14-8/h2-3,9H,4-6,13H2,1H3. The van der Waals surface area contributed by atoms with Crippen molar-refractivity contribution in [3.8, 4) is 5.75 Å². The van der Waals surface area contributed by atoms with E-state index >= 15 is 0 Å². The van der Waals surface area contributed by atoms with Crippen LogP contribution in [0.2, 0.25) is 0 Å². The maximum absolute atomic E-state index is 5.80. The van der Waals surface area contributed by atoms with Crippen LogP contribution in [0, 0.1) is 6.92 Å². The van der Waals surface area contributed by atoms with Gasteiger partial charge in [0.1, 0.15) is 12.4 Å². The van der Waals surface area contributed by atoms with Crippen molar-refractivity contribution in [1.82, 2.24) is 0 Å². The highest BCUT2D eigenvalue weighted by atomic mass is 16.6. The first kappa shape index (κ1) is 10.1.